The van der Waals surface area contributed by atoms with Gasteiger partial charge >= 0.3 is 0 Å². The largest absolute Gasteiger partial charge is 0.369 e. The van der Waals surface area contributed by atoms with Gasteiger partial charge in [-0.3, -0.25) is 4.79 Å². The molecule has 0 saturated carbocycles. The first-order chi connectivity index (χ1) is 7.50. The zero-order valence-electron chi connectivity index (χ0n) is 10.2. The molecule has 0 spiro atoms. The molecule has 0 radical (unpaired) electrons. The molecule has 3 heteroatoms. The van der Waals surface area contributed by atoms with Crippen molar-refractivity contribution in [3.63, 3.8) is 0 Å². The third-order valence-electron chi connectivity index (χ3n) is 2.55. The van der Waals surface area contributed by atoms with E-state index in [2.05, 4.69) is 5.32 Å². The van der Waals surface area contributed by atoms with Crippen LogP contribution < -0.4 is 11.1 Å². The molecule has 0 heterocycles. The van der Waals surface area contributed by atoms with Crippen molar-refractivity contribution in [3.8, 4) is 0 Å². The molecule has 1 atom stereocenters. The van der Waals surface area contributed by atoms with E-state index < -0.39 is 0 Å². The van der Waals surface area contributed by atoms with Gasteiger partial charge in [0.05, 0.1) is 5.92 Å². The molecule has 1 amide bonds. The Morgan fingerprint density at radius 3 is 2.31 bits per heavy atom. The summed E-state index contributed by atoms with van der Waals surface area (Å²) in [7, 11) is 0. The van der Waals surface area contributed by atoms with Gasteiger partial charge in [-0.2, -0.15) is 0 Å². The lowest BCUT2D eigenvalue weighted by Crippen LogP contribution is -2.34. The number of aryl methyl sites for hydroxylation is 1. The minimum absolute atomic E-state index is 0.247. The van der Waals surface area contributed by atoms with Gasteiger partial charge in [0.15, 0.2) is 0 Å². The van der Waals surface area contributed by atoms with Crippen molar-refractivity contribution in [1.82, 2.24) is 5.32 Å². The quantitative estimate of drug-likeness (QED) is 0.791. The summed E-state index contributed by atoms with van der Waals surface area (Å²) < 4.78 is 0. The number of benzene rings is 1. The highest BCUT2D eigenvalue weighted by Crippen LogP contribution is 2.15. The lowest BCUT2D eigenvalue weighted by molar-refractivity contribution is -0.119. The topological polar surface area (TPSA) is 55.1 Å². The van der Waals surface area contributed by atoms with E-state index in [4.69, 9.17) is 5.73 Å². The molecule has 16 heavy (non-hydrogen) atoms. The van der Waals surface area contributed by atoms with Crippen molar-refractivity contribution < 1.29 is 4.79 Å². The fourth-order valence-electron chi connectivity index (χ4n) is 1.54. The number of amides is 1. The highest BCUT2D eigenvalue weighted by molar-refractivity contribution is 5.82. The van der Waals surface area contributed by atoms with Crippen LogP contribution in [0.25, 0.3) is 0 Å². The van der Waals surface area contributed by atoms with E-state index in [1.165, 1.54) is 5.56 Å². The lowest BCUT2D eigenvalue weighted by Gasteiger charge is -2.16. The van der Waals surface area contributed by atoms with Gasteiger partial charge in [-0.05, 0) is 12.5 Å². The third-order valence-corrected chi connectivity index (χ3v) is 2.55. The van der Waals surface area contributed by atoms with Crippen molar-refractivity contribution in [2.45, 2.75) is 32.7 Å². The van der Waals surface area contributed by atoms with Crippen molar-refractivity contribution in [3.05, 3.63) is 35.4 Å². The van der Waals surface area contributed by atoms with Crippen LogP contribution in [0.2, 0.25) is 0 Å². The summed E-state index contributed by atoms with van der Waals surface area (Å²) in [5, 5.41) is 3.24. The summed E-state index contributed by atoms with van der Waals surface area (Å²) in [5.41, 5.74) is 7.58. The van der Waals surface area contributed by atoms with Crippen molar-refractivity contribution in [1.29, 1.82) is 0 Å². The molecule has 1 aromatic carbocycles. The molecule has 88 valence electrons. The molecule has 1 rings (SSSR count). The summed E-state index contributed by atoms with van der Waals surface area (Å²) in [6.45, 7) is 6.71. The Morgan fingerprint density at radius 1 is 1.31 bits per heavy atom. The summed E-state index contributed by atoms with van der Waals surface area (Å²) in [4.78, 5) is 11.4. The van der Waals surface area contributed by atoms with Crippen LogP contribution in [0.15, 0.2) is 24.3 Å². The van der Waals surface area contributed by atoms with Crippen LogP contribution in [0.3, 0.4) is 0 Å². The first kappa shape index (κ1) is 12.7. The monoisotopic (exact) mass is 220 g/mol. The molecule has 0 aliphatic carbocycles. The molecule has 0 fully saturated rings. The number of carbonyl (C=O) groups is 1. The molecule has 0 aromatic heterocycles. The average molecular weight is 220 g/mol. The summed E-state index contributed by atoms with van der Waals surface area (Å²) in [6.07, 6.45) is 0. The van der Waals surface area contributed by atoms with Gasteiger partial charge in [0.25, 0.3) is 0 Å². The fraction of sp³-hybridized carbons (Fsp3) is 0.462. The molecule has 0 aliphatic rings. The minimum Gasteiger partial charge on any atom is -0.369 e. The van der Waals surface area contributed by atoms with Gasteiger partial charge in [0.1, 0.15) is 0 Å². The second-order valence-electron chi connectivity index (χ2n) is 4.43. The van der Waals surface area contributed by atoms with E-state index in [-0.39, 0.29) is 11.8 Å². The predicted molar refractivity (Wildman–Crippen MR) is 66.3 cm³/mol. The molecule has 0 bridgehead atoms. The fourth-order valence-corrected chi connectivity index (χ4v) is 1.54. The molecular weight excluding hydrogens is 200 g/mol. The molecule has 1 unspecified atom stereocenters. The van der Waals surface area contributed by atoms with Crippen LogP contribution in [0.4, 0.5) is 0 Å². The SMILES string of the molecule is Cc1ccc(C(CNC(C)C)C(N)=O)cc1. The number of primary amides is 1. The number of nitrogens with two attached hydrogens (primary N) is 1. The maximum Gasteiger partial charge on any atom is 0.226 e. The van der Waals surface area contributed by atoms with E-state index in [0.29, 0.717) is 12.6 Å². The van der Waals surface area contributed by atoms with E-state index in [9.17, 15) is 4.79 Å². The van der Waals surface area contributed by atoms with Crippen molar-refractivity contribution in [2.75, 3.05) is 6.54 Å². The maximum absolute atomic E-state index is 11.4. The highest BCUT2D eigenvalue weighted by Gasteiger charge is 2.17. The molecule has 0 aliphatic heterocycles. The highest BCUT2D eigenvalue weighted by atomic mass is 16.1. The zero-order valence-corrected chi connectivity index (χ0v) is 10.2. The standard InChI is InChI=1S/C13H20N2O/c1-9(2)15-8-12(13(14)16)11-6-4-10(3)5-7-11/h4-7,9,12,15H,8H2,1-3H3,(H2,14,16). The summed E-state index contributed by atoms with van der Waals surface area (Å²) >= 11 is 0. The number of carbonyl (C=O) groups excluding carboxylic acids is 1. The molecule has 1 aromatic rings. The van der Waals surface area contributed by atoms with Gasteiger partial charge in [-0.15, -0.1) is 0 Å². The van der Waals surface area contributed by atoms with Gasteiger partial charge in [-0.1, -0.05) is 43.7 Å². The maximum atomic E-state index is 11.4. The molecule has 3 N–H and O–H groups in total. The summed E-state index contributed by atoms with van der Waals surface area (Å²) in [6, 6.07) is 8.29. The molecule has 3 nitrogen and oxygen atoms in total. The minimum atomic E-state index is -0.281. The predicted octanol–water partition coefficient (Wildman–Crippen LogP) is 1.56. The Bertz CT molecular complexity index is 343. The van der Waals surface area contributed by atoms with Crippen LogP contribution in [0.5, 0.6) is 0 Å². The first-order valence-corrected chi connectivity index (χ1v) is 5.60. The van der Waals surface area contributed by atoms with Crippen molar-refractivity contribution in [2.24, 2.45) is 5.73 Å². The van der Waals surface area contributed by atoms with Crippen LogP contribution in [-0.2, 0) is 4.79 Å². The summed E-state index contributed by atoms with van der Waals surface area (Å²) in [5.74, 6) is -0.528. The molecule has 0 saturated heterocycles. The Morgan fingerprint density at radius 2 is 1.88 bits per heavy atom. The Kier molecular flexibility index (Phi) is 4.50. The number of hydrogen-bond acceptors (Lipinski definition) is 2. The number of rotatable bonds is 5. The van der Waals surface area contributed by atoms with Crippen LogP contribution in [-0.4, -0.2) is 18.5 Å². The van der Waals surface area contributed by atoms with Crippen molar-refractivity contribution >= 4 is 5.91 Å². The van der Waals surface area contributed by atoms with E-state index in [1.54, 1.807) is 0 Å². The number of hydrogen-bond donors (Lipinski definition) is 2. The van der Waals surface area contributed by atoms with Crippen LogP contribution in [0, 0.1) is 6.92 Å². The normalized spacial score (nSPS) is 12.8. The van der Waals surface area contributed by atoms with Gasteiger partial charge in [0.2, 0.25) is 5.91 Å². The Hall–Kier alpha value is -1.35. The second-order valence-corrected chi connectivity index (χ2v) is 4.43. The Balaban J connectivity index is 2.77. The van der Waals surface area contributed by atoms with E-state index in [1.807, 2.05) is 45.0 Å². The smallest absolute Gasteiger partial charge is 0.226 e. The Labute approximate surface area is 97.0 Å². The molecular formula is C13H20N2O. The second kappa shape index (κ2) is 5.66. The number of nitrogens with one attached hydrogen (secondary N) is 1. The van der Waals surface area contributed by atoms with Gasteiger partial charge in [-0.25, -0.2) is 0 Å². The lowest BCUT2D eigenvalue weighted by atomic mass is 9.97. The average Bonchev–Trinajstić information content (AvgIpc) is 2.20. The zero-order chi connectivity index (χ0) is 12.1. The van der Waals surface area contributed by atoms with E-state index in [0.717, 1.165) is 5.56 Å². The van der Waals surface area contributed by atoms with E-state index >= 15 is 0 Å². The van der Waals surface area contributed by atoms with Crippen LogP contribution in [0.1, 0.15) is 30.9 Å². The van der Waals surface area contributed by atoms with Crippen LogP contribution >= 0.6 is 0 Å². The van der Waals surface area contributed by atoms with Gasteiger partial charge < -0.3 is 11.1 Å². The first-order valence-electron chi connectivity index (χ1n) is 5.60. The van der Waals surface area contributed by atoms with Gasteiger partial charge in [0, 0.05) is 12.6 Å². The third kappa shape index (κ3) is 3.66.